The Kier molecular flexibility index (Phi) is 18.8. The van der Waals surface area contributed by atoms with Crippen LogP contribution in [0.4, 0.5) is 0 Å². The molecule has 0 aromatic heterocycles. The van der Waals surface area contributed by atoms with E-state index in [4.69, 9.17) is 9.47 Å². The van der Waals surface area contributed by atoms with Crippen molar-refractivity contribution in [2.75, 3.05) is 13.2 Å². The first kappa shape index (κ1) is 31.0. The van der Waals surface area contributed by atoms with Gasteiger partial charge in [0.2, 0.25) is 0 Å². The summed E-state index contributed by atoms with van der Waals surface area (Å²) in [5.74, 6) is -0.715. The standard InChI is InChI=1S/C20H38O7S.Na/c1-16(2)11-7-5-9-13-26-19(21)15-18(28(23,24)25)20(22)27-14-10-6-8-12-17(3)4;/h16-18H,5-15H2,1-4H3,(H,23,24,25);. The van der Waals surface area contributed by atoms with Crippen molar-refractivity contribution in [3.63, 3.8) is 0 Å². The van der Waals surface area contributed by atoms with Crippen LogP contribution in [-0.4, -0.2) is 72.9 Å². The van der Waals surface area contributed by atoms with Crippen LogP contribution in [-0.2, 0) is 29.2 Å². The van der Waals surface area contributed by atoms with Crippen LogP contribution in [0.5, 0.6) is 0 Å². The quantitative estimate of drug-likeness (QED) is 0.167. The molecule has 9 heteroatoms. The summed E-state index contributed by atoms with van der Waals surface area (Å²) in [5, 5.41) is -1.93. The number of carbonyl (C=O) groups is 2. The van der Waals surface area contributed by atoms with Gasteiger partial charge in [-0.25, -0.2) is 0 Å². The third-order valence-corrected chi connectivity index (χ3v) is 5.41. The third kappa shape index (κ3) is 18.3. The smallest absolute Gasteiger partial charge is 0.327 e. The molecule has 0 spiro atoms. The Balaban J connectivity index is 0. The number of esters is 2. The zero-order chi connectivity index (χ0) is 21.6. The first-order chi connectivity index (χ1) is 13.0. The average molecular weight is 446 g/mol. The topological polar surface area (TPSA) is 107 Å². The molecular formula is C20H38NaO7S. The monoisotopic (exact) mass is 445 g/mol. The Morgan fingerprint density at radius 2 is 1.24 bits per heavy atom. The van der Waals surface area contributed by atoms with E-state index in [1.54, 1.807) is 0 Å². The maximum Gasteiger partial charge on any atom is 0.327 e. The van der Waals surface area contributed by atoms with Crippen LogP contribution >= 0.6 is 0 Å². The number of unbranched alkanes of at least 4 members (excludes halogenated alkanes) is 4. The summed E-state index contributed by atoms with van der Waals surface area (Å²) in [6.45, 7) is 8.76. The normalized spacial score (nSPS) is 12.5. The van der Waals surface area contributed by atoms with Crippen molar-refractivity contribution >= 4 is 51.6 Å². The molecule has 0 aliphatic carbocycles. The van der Waals surface area contributed by atoms with Gasteiger partial charge in [-0.2, -0.15) is 8.42 Å². The van der Waals surface area contributed by atoms with Crippen LogP contribution in [0.3, 0.4) is 0 Å². The molecule has 1 radical (unpaired) electrons. The second-order valence-corrected chi connectivity index (χ2v) is 9.68. The van der Waals surface area contributed by atoms with Gasteiger partial charge in [-0.05, 0) is 24.7 Å². The van der Waals surface area contributed by atoms with Crippen molar-refractivity contribution in [3.05, 3.63) is 0 Å². The largest absolute Gasteiger partial charge is 0.466 e. The molecule has 0 heterocycles. The zero-order valence-corrected chi connectivity index (χ0v) is 21.6. The molecule has 0 amide bonds. The van der Waals surface area contributed by atoms with Gasteiger partial charge < -0.3 is 9.47 Å². The molecule has 0 fully saturated rings. The number of hydrogen-bond acceptors (Lipinski definition) is 6. The summed E-state index contributed by atoms with van der Waals surface area (Å²) in [6, 6.07) is 0. The van der Waals surface area contributed by atoms with E-state index in [1.165, 1.54) is 0 Å². The summed E-state index contributed by atoms with van der Waals surface area (Å²) in [4.78, 5) is 23.8. The average Bonchev–Trinajstić information content (AvgIpc) is 2.57. The molecule has 1 atom stereocenters. The molecule has 167 valence electrons. The second-order valence-electron chi connectivity index (χ2n) is 8.08. The van der Waals surface area contributed by atoms with Crippen LogP contribution in [0.2, 0.25) is 0 Å². The van der Waals surface area contributed by atoms with E-state index in [-0.39, 0.29) is 42.8 Å². The van der Waals surface area contributed by atoms with Gasteiger partial charge in [0.05, 0.1) is 19.6 Å². The van der Waals surface area contributed by atoms with Gasteiger partial charge in [0.1, 0.15) is 0 Å². The predicted molar refractivity (Wildman–Crippen MR) is 114 cm³/mol. The maximum atomic E-state index is 12.0. The van der Waals surface area contributed by atoms with E-state index in [9.17, 15) is 22.6 Å². The van der Waals surface area contributed by atoms with Crippen molar-refractivity contribution in [2.45, 2.75) is 90.7 Å². The minimum absolute atomic E-state index is 0. The van der Waals surface area contributed by atoms with E-state index in [1.807, 2.05) is 0 Å². The van der Waals surface area contributed by atoms with E-state index < -0.39 is 33.7 Å². The predicted octanol–water partition coefficient (Wildman–Crippen LogP) is 3.77. The van der Waals surface area contributed by atoms with Crippen molar-refractivity contribution in [1.82, 2.24) is 0 Å². The molecule has 0 aliphatic heterocycles. The van der Waals surface area contributed by atoms with Gasteiger partial charge in [0.25, 0.3) is 10.1 Å². The molecule has 29 heavy (non-hydrogen) atoms. The van der Waals surface area contributed by atoms with E-state index in [0.29, 0.717) is 24.7 Å². The molecule has 0 saturated heterocycles. The summed E-state index contributed by atoms with van der Waals surface area (Å²) in [7, 11) is -4.74. The molecule has 0 aromatic rings. The number of ether oxygens (including phenoxy) is 2. The van der Waals surface area contributed by atoms with Crippen LogP contribution in [0, 0.1) is 11.8 Å². The van der Waals surface area contributed by atoms with E-state index in [2.05, 4.69) is 27.7 Å². The van der Waals surface area contributed by atoms with E-state index >= 15 is 0 Å². The first-order valence-electron chi connectivity index (χ1n) is 10.3. The fourth-order valence-electron chi connectivity index (χ4n) is 2.64. The Morgan fingerprint density at radius 1 is 0.793 bits per heavy atom. The van der Waals surface area contributed by atoms with Gasteiger partial charge in [-0.3, -0.25) is 14.1 Å². The molecule has 0 rings (SSSR count). The SMILES string of the molecule is CC(C)CCCCCOC(=O)CC(C(=O)OCCCCCC(C)C)S(=O)(=O)O.[Na]. The summed E-state index contributed by atoms with van der Waals surface area (Å²) in [5.41, 5.74) is 0. The van der Waals surface area contributed by atoms with Gasteiger partial charge >= 0.3 is 11.9 Å². The summed E-state index contributed by atoms with van der Waals surface area (Å²) in [6.07, 6.45) is 6.52. The Bertz CT molecular complexity index is 547. The van der Waals surface area contributed by atoms with Gasteiger partial charge in [-0.1, -0.05) is 66.2 Å². The number of carbonyl (C=O) groups excluding carboxylic acids is 2. The van der Waals surface area contributed by atoms with Crippen molar-refractivity contribution < 1.29 is 32.0 Å². The Labute approximate surface area is 198 Å². The Hall–Kier alpha value is -0.150. The molecule has 0 saturated carbocycles. The fraction of sp³-hybridized carbons (Fsp3) is 0.900. The van der Waals surface area contributed by atoms with E-state index in [0.717, 1.165) is 38.5 Å². The van der Waals surface area contributed by atoms with Crippen LogP contribution in [0.15, 0.2) is 0 Å². The number of rotatable bonds is 16. The molecular weight excluding hydrogens is 407 g/mol. The molecule has 0 bridgehead atoms. The van der Waals surface area contributed by atoms with Crippen molar-refractivity contribution in [3.8, 4) is 0 Å². The number of hydrogen-bond donors (Lipinski definition) is 1. The second kappa shape index (κ2) is 17.5. The van der Waals surface area contributed by atoms with Crippen LogP contribution in [0.1, 0.15) is 85.5 Å². The van der Waals surface area contributed by atoms with Crippen LogP contribution in [0.25, 0.3) is 0 Å². The Morgan fingerprint density at radius 3 is 1.66 bits per heavy atom. The third-order valence-electron chi connectivity index (χ3n) is 4.33. The maximum absolute atomic E-state index is 12.0. The molecule has 0 aliphatic rings. The summed E-state index contributed by atoms with van der Waals surface area (Å²) < 4.78 is 42.1. The molecule has 7 nitrogen and oxygen atoms in total. The molecule has 1 N–H and O–H groups in total. The van der Waals surface area contributed by atoms with Crippen molar-refractivity contribution in [2.24, 2.45) is 11.8 Å². The summed E-state index contributed by atoms with van der Waals surface area (Å²) >= 11 is 0. The fourth-order valence-corrected chi connectivity index (χ4v) is 3.29. The van der Waals surface area contributed by atoms with Crippen molar-refractivity contribution in [1.29, 1.82) is 0 Å². The molecule has 1 unspecified atom stereocenters. The zero-order valence-electron chi connectivity index (χ0n) is 18.8. The van der Waals surface area contributed by atoms with Gasteiger partial charge in [-0.15, -0.1) is 0 Å². The first-order valence-corrected chi connectivity index (χ1v) is 11.8. The van der Waals surface area contributed by atoms with Gasteiger partial charge in [0, 0.05) is 29.6 Å². The van der Waals surface area contributed by atoms with Crippen LogP contribution < -0.4 is 0 Å². The minimum Gasteiger partial charge on any atom is -0.466 e. The minimum atomic E-state index is -4.74. The van der Waals surface area contributed by atoms with Gasteiger partial charge in [0.15, 0.2) is 5.25 Å². The molecule has 0 aromatic carbocycles.